The van der Waals surface area contributed by atoms with Gasteiger partial charge < -0.3 is 9.84 Å². The Kier molecular flexibility index (Phi) is 6.28. The van der Waals surface area contributed by atoms with E-state index in [1.165, 1.54) is 12.1 Å². The van der Waals surface area contributed by atoms with E-state index in [9.17, 15) is 15.2 Å². The fraction of sp³-hybridized carbons (Fsp3) is 0.208. The van der Waals surface area contributed by atoms with Gasteiger partial charge in [-0.1, -0.05) is 48.5 Å². The predicted octanol–water partition coefficient (Wildman–Crippen LogP) is 5.00. The minimum absolute atomic E-state index is 0.0129. The van der Waals surface area contributed by atoms with Crippen molar-refractivity contribution in [1.82, 2.24) is 0 Å². The molecule has 0 saturated carbocycles. The Balaban J connectivity index is 1.99. The molecule has 6 heteroatoms. The Morgan fingerprint density at radius 2 is 1.53 bits per heavy atom. The number of ether oxygens (including phenoxy) is 1. The quantitative estimate of drug-likeness (QED) is 0.271. The average Bonchev–Trinajstić information content (AvgIpc) is 2.72. The van der Waals surface area contributed by atoms with E-state index < -0.39 is 11.2 Å². The first-order chi connectivity index (χ1) is 14.3. The number of nitro groups is 1. The van der Waals surface area contributed by atoms with Crippen LogP contribution in [0.3, 0.4) is 0 Å². The van der Waals surface area contributed by atoms with Crippen LogP contribution in [0.5, 0.6) is 5.75 Å². The topological polar surface area (TPSA) is 85.0 Å². The number of hydrogen-bond donors (Lipinski definition) is 1. The van der Waals surface area contributed by atoms with Crippen LogP contribution in [0, 0.1) is 30.9 Å². The van der Waals surface area contributed by atoms with Gasteiger partial charge in [0.05, 0.1) is 4.92 Å². The molecule has 3 rings (SSSR count). The molecular formula is C24H24N2O4. The first kappa shape index (κ1) is 21.2. The summed E-state index contributed by atoms with van der Waals surface area (Å²) in [5.41, 5.74) is 5.37. The van der Waals surface area contributed by atoms with Gasteiger partial charge in [-0.3, -0.25) is 15.1 Å². The molecule has 30 heavy (non-hydrogen) atoms. The minimum Gasteiger partial charge on any atom is -0.459 e. The van der Waals surface area contributed by atoms with Crippen LogP contribution in [-0.4, -0.2) is 29.1 Å². The van der Waals surface area contributed by atoms with Gasteiger partial charge in [-0.05, 0) is 48.6 Å². The number of nitrogens with zero attached hydrogens (tertiary/aromatic N) is 2. The summed E-state index contributed by atoms with van der Waals surface area (Å²) in [6.07, 6.45) is -1.33. The lowest BCUT2D eigenvalue weighted by molar-refractivity contribution is -0.385. The van der Waals surface area contributed by atoms with Crippen LogP contribution in [0.25, 0.3) is 11.1 Å². The lowest BCUT2D eigenvalue weighted by Gasteiger charge is -2.21. The van der Waals surface area contributed by atoms with Gasteiger partial charge in [0.15, 0.2) is 0 Å². The van der Waals surface area contributed by atoms with E-state index in [0.717, 1.165) is 22.3 Å². The molecular weight excluding hydrogens is 380 g/mol. The standard InChI is InChI=1S/C24H24N2O4/c1-15-9-5-6-10-19(15)20-11-7-8-12-21(20)22(25-4)24(27)30-23-16(2)13-18(26(28)29)14-17(23)3/h5-14,24,27H,1-4H3/t24-/m1/s1. The molecule has 0 aliphatic heterocycles. The fourth-order valence-corrected chi connectivity index (χ4v) is 3.57. The number of rotatable bonds is 6. The van der Waals surface area contributed by atoms with E-state index in [-0.39, 0.29) is 5.69 Å². The summed E-state index contributed by atoms with van der Waals surface area (Å²) in [4.78, 5) is 14.9. The third-order valence-corrected chi connectivity index (χ3v) is 5.00. The molecule has 0 bridgehead atoms. The van der Waals surface area contributed by atoms with Crippen LogP contribution in [-0.2, 0) is 0 Å². The molecule has 0 saturated heterocycles. The molecule has 0 heterocycles. The Bertz CT molecular complexity index is 1100. The smallest absolute Gasteiger partial charge is 0.270 e. The SMILES string of the molecule is CN=C(c1ccccc1-c1ccccc1C)[C@H](O)Oc1c(C)cc([N+](=O)[O-])cc1C. The fourth-order valence-electron chi connectivity index (χ4n) is 3.57. The van der Waals surface area contributed by atoms with Gasteiger partial charge in [-0.15, -0.1) is 0 Å². The second kappa shape index (κ2) is 8.88. The molecule has 1 N–H and O–H groups in total. The maximum absolute atomic E-state index is 11.1. The molecule has 0 aliphatic rings. The maximum atomic E-state index is 11.1. The largest absolute Gasteiger partial charge is 0.459 e. The molecule has 1 atom stereocenters. The second-order valence-corrected chi connectivity index (χ2v) is 7.11. The number of benzene rings is 3. The second-order valence-electron chi connectivity index (χ2n) is 7.11. The zero-order valence-corrected chi connectivity index (χ0v) is 17.4. The monoisotopic (exact) mass is 404 g/mol. The maximum Gasteiger partial charge on any atom is 0.270 e. The molecule has 0 amide bonds. The molecule has 0 aromatic heterocycles. The summed E-state index contributed by atoms with van der Waals surface area (Å²) in [5, 5.41) is 22.0. The van der Waals surface area contributed by atoms with Gasteiger partial charge in [0.1, 0.15) is 11.5 Å². The third kappa shape index (κ3) is 4.23. The van der Waals surface area contributed by atoms with Gasteiger partial charge >= 0.3 is 0 Å². The predicted molar refractivity (Wildman–Crippen MR) is 118 cm³/mol. The Hall–Kier alpha value is -3.51. The van der Waals surface area contributed by atoms with E-state index in [1.807, 2.05) is 55.5 Å². The highest BCUT2D eigenvalue weighted by Gasteiger charge is 2.22. The van der Waals surface area contributed by atoms with Crippen LogP contribution in [0.15, 0.2) is 65.7 Å². The van der Waals surface area contributed by atoms with Gasteiger partial charge in [0.2, 0.25) is 6.29 Å². The van der Waals surface area contributed by atoms with Crippen molar-refractivity contribution in [2.24, 2.45) is 4.99 Å². The number of aliphatic hydroxyl groups is 1. The molecule has 3 aromatic carbocycles. The first-order valence-electron chi connectivity index (χ1n) is 9.56. The van der Waals surface area contributed by atoms with E-state index in [2.05, 4.69) is 4.99 Å². The number of aryl methyl sites for hydroxylation is 3. The number of aliphatic hydroxyl groups excluding tert-OH is 1. The summed E-state index contributed by atoms with van der Waals surface area (Å²) in [5.74, 6) is 0.405. The number of hydrogen-bond acceptors (Lipinski definition) is 5. The number of non-ortho nitro benzene ring substituents is 1. The lowest BCUT2D eigenvalue weighted by Crippen LogP contribution is -2.29. The minimum atomic E-state index is -1.33. The number of aliphatic imine (C=N–C) groups is 1. The average molecular weight is 404 g/mol. The van der Waals surface area contributed by atoms with Crippen LogP contribution in [0.4, 0.5) is 5.69 Å². The molecule has 154 valence electrons. The lowest BCUT2D eigenvalue weighted by atomic mass is 9.93. The van der Waals surface area contributed by atoms with Gasteiger partial charge in [-0.25, -0.2) is 0 Å². The molecule has 3 aromatic rings. The summed E-state index contributed by atoms with van der Waals surface area (Å²) in [6.45, 7) is 5.46. The number of nitro benzene ring substituents is 1. The van der Waals surface area contributed by atoms with Crippen molar-refractivity contribution in [2.45, 2.75) is 27.1 Å². The van der Waals surface area contributed by atoms with Gasteiger partial charge in [0.25, 0.3) is 5.69 Å². The molecule has 0 radical (unpaired) electrons. The first-order valence-corrected chi connectivity index (χ1v) is 9.56. The highest BCUT2D eigenvalue weighted by molar-refractivity contribution is 6.08. The molecule has 0 spiro atoms. The Morgan fingerprint density at radius 1 is 0.967 bits per heavy atom. The normalized spacial score (nSPS) is 12.5. The molecule has 0 unspecified atom stereocenters. The van der Waals surface area contributed by atoms with Crippen LogP contribution < -0.4 is 4.74 Å². The zero-order valence-electron chi connectivity index (χ0n) is 17.4. The highest BCUT2D eigenvalue weighted by Crippen LogP contribution is 2.31. The summed E-state index contributed by atoms with van der Waals surface area (Å²) < 4.78 is 5.84. The highest BCUT2D eigenvalue weighted by atomic mass is 16.6. The van der Waals surface area contributed by atoms with Crippen molar-refractivity contribution in [2.75, 3.05) is 7.05 Å². The van der Waals surface area contributed by atoms with Crippen molar-refractivity contribution in [3.63, 3.8) is 0 Å². The van der Waals surface area contributed by atoms with Crippen molar-refractivity contribution < 1.29 is 14.8 Å². The Labute approximate surface area is 175 Å². The summed E-state index contributed by atoms with van der Waals surface area (Å²) >= 11 is 0. The van der Waals surface area contributed by atoms with Crippen LogP contribution in [0.1, 0.15) is 22.3 Å². The Morgan fingerprint density at radius 3 is 2.10 bits per heavy atom. The van der Waals surface area contributed by atoms with E-state index >= 15 is 0 Å². The molecule has 0 fully saturated rings. The van der Waals surface area contributed by atoms with Gasteiger partial charge in [0, 0.05) is 24.7 Å². The van der Waals surface area contributed by atoms with Crippen molar-refractivity contribution >= 4 is 11.4 Å². The van der Waals surface area contributed by atoms with E-state index in [4.69, 9.17) is 4.74 Å². The van der Waals surface area contributed by atoms with Crippen LogP contribution in [0.2, 0.25) is 0 Å². The van der Waals surface area contributed by atoms with Crippen LogP contribution >= 0.6 is 0 Å². The zero-order chi connectivity index (χ0) is 21.8. The van der Waals surface area contributed by atoms with Crippen molar-refractivity contribution in [3.8, 4) is 16.9 Å². The van der Waals surface area contributed by atoms with Crippen molar-refractivity contribution in [3.05, 3.63) is 93.0 Å². The third-order valence-electron chi connectivity index (χ3n) is 5.00. The van der Waals surface area contributed by atoms with Gasteiger partial charge in [-0.2, -0.15) is 0 Å². The summed E-state index contributed by atoms with van der Waals surface area (Å²) in [7, 11) is 1.60. The molecule has 0 aliphatic carbocycles. The van der Waals surface area contributed by atoms with E-state index in [1.54, 1.807) is 20.9 Å². The molecule has 6 nitrogen and oxygen atoms in total. The summed E-state index contributed by atoms with van der Waals surface area (Å²) in [6, 6.07) is 18.6. The van der Waals surface area contributed by atoms with E-state index in [0.29, 0.717) is 22.6 Å². The van der Waals surface area contributed by atoms with Crippen molar-refractivity contribution in [1.29, 1.82) is 0 Å².